The molecule has 0 atom stereocenters. The minimum Gasteiger partial charge on any atom is -0.495 e. The molecule has 188 valence electrons. The SMILES string of the molecule is COc1ccccc1N(Cc1ccc(C(=O)NNC(=O)C(F)F)cc1F)C(=O)N1CCN(C)CC1. The molecule has 2 aromatic carbocycles. The second-order valence-corrected chi connectivity index (χ2v) is 7.88. The fraction of sp³-hybridized carbons (Fsp3) is 0.348. The lowest BCUT2D eigenvalue weighted by atomic mass is 10.1. The molecule has 0 saturated carbocycles. The Hall–Kier alpha value is -3.80. The molecule has 0 aromatic heterocycles. The van der Waals surface area contributed by atoms with Crippen molar-refractivity contribution >= 4 is 23.5 Å². The Morgan fingerprint density at radius 3 is 2.37 bits per heavy atom. The number of piperazine rings is 1. The zero-order chi connectivity index (χ0) is 25.5. The van der Waals surface area contributed by atoms with Crippen LogP contribution in [0.2, 0.25) is 0 Å². The number of para-hydroxylation sites is 2. The molecule has 0 bridgehead atoms. The molecule has 4 amide bonds. The molecule has 0 aliphatic carbocycles. The molecule has 3 rings (SSSR count). The van der Waals surface area contributed by atoms with Gasteiger partial charge in [-0.15, -0.1) is 0 Å². The average molecular weight is 493 g/mol. The highest BCUT2D eigenvalue weighted by Crippen LogP contribution is 2.30. The zero-order valence-corrected chi connectivity index (χ0v) is 19.3. The topological polar surface area (TPSA) is 94.2 Å². The van der Waals surface area contributed by atoms with E-state index in [2.05, 4.69) is 4.90 Å². The Morgan fingerprint density at radius 2 is 1.74 bits per heavy atom. The van der Waals surface area contributed by atoms with Gasteiger partial charge >= 0.3 is 18.4 Å². The summed E-state index contributed by atoms with van der Waals surface area (Å²) in [4.78, 5) is 41.6. The van der Waals surface area contributed by atoms with E-state index in [1.54, 1.807) is 40.0 Å². The van der Waals surface area contributed by atoms with Gasteiger partial charge in [0.15, 0.2) is 0 Å². The molecule has 2 N–H and O–H groups in total. The summed E-state index contributed by atoms with van der Waals surface area (Å²) in [7, 11) is 3.43. The van der Waals surface area contributed by atoms with Crippen LogP contribution in [0, 0.1) is 5.82 Å². The minimum atomic E-state index is -3.31. The molecule has 35 heavy (non-hydrogen) atoms. The van der Waals surface area contributed by atoms with E-state index < -0.39 is 24.1 Å². The average Bonchev–Trinajstić information content (AvgIpc) is 2.86. The number of amides is 4. The van der Waals surface area contributed by atoms with Gasteiger partial charge in [-0.25, -0.2) is 9.18 Å². The van der Waals surface area contributed by atoms with Gasteiger partial charge in [0.05, 0.1) is 19.3 Å². The highest BCUT2D eigenvalue weighted by molar-refractivity contribution is 5.96. The third-order valence-corrected chi connectivity index (χ3v) is 5.52. The fourth-order valence-corrected chi connectivity index (χ4v) is 3.51. The standard InChI is InChI=1S/C23H26F3N5O4/c1-29-9-11-30(12-10-29)23(34)31(18-5-3-4-6-19(18)35-2)14-16-8-7-15(13-17(16)24)21(32)27-28-22(33)20(25)26/h3-8,13,20H,9-12,14H2,1-2H3,(H,27,32)(H,28,33). The number of hydrogen-bond acceptors (Lipinski definition) is 5. The Labute approximate surface area is 200 Å². The Morgan fingerprint density at radius 1 is 1.06 bits per heavy atom. The van der Waals surface area contributed by atoms with Crippen LogP contribution in [0.25, 0.3) is 0 Å². The summed E-state index contributed by atoms with van der Waals surface area (Å²) in [5.41, 5.74) is 3.72. The molecule has 1 aliphatic rings. The Balaban J connectivity index is 1.83. The number of alkyl halides is 2. The number of nitrogens with zero attached hydrogens (tertiary/aromatic N) is 3. The third kappa shape index (κ3) is 6.41. The molecule has 0 unspecified atom stereocenters. The van der Waals surface area contributed by atoms with Gasteiger partial charge in [-0.05, 0) is 31.3 Å². The van der Waals surface area contributed by atoms with Crippen molar-refractivity contribution in [3.05, 3.63) is 59.4 Å². The smallest absolute Gasteiger partial charge is 0.325 e. The molecule has 12 heteroatoms. The minimum absolute atomic E-state index is 0.117. The first-order valence-corrected chi connectivity index (χ1v) is 10.8. The van der Waals surface area contributed by atoms with Gasteiger partial charge in [0.2, 0.25) is 0 Å². The van der Waals surface area contributed by atoms with Crippen LogP contribution >= 0.6 is 0 Å². The van der Waals surface area contributed by atoms with Crippen LogP contribution in [-0.4, -0.2) is 74.4 Å². The van der Waals surface area contributed by atoms with Crippen molar-refractivity contribution in [1.82, 2.24) is 20.7 Å². The van der Waals surface area contributed by atoms with Crippen LogP contribution in [0.3, 0.4) is 0 Å². The van der Waals surface area contributed by atoms with Crippen molar-refractivity contribution in [2.24, 2.45) is 0 Å². The van der Waals surface area contributed by atoms with E-state index >= 15 is 0 Å². The number of carbonyl (C=O) groups is 3. The number of hydrazine groups is 1. The van der Waals surface area contributed by atoms with Crippen LogP contribution in [0.4, 0.5) is 23.7 Å². The van der Waals surface area contributed by atoms with Crippen LogP contribution < -0.4 is 20.5 Å². The highest BCUT2D eigenvalue weighted by Gasteiger charge is 2.28. The maximum Gasteiger partial charge on any atom is 0.325 e. The first-order chi connectivity index (χ1) is 16.7. The van der Waals surface area contributed by atoms with Crippen LogP contribution in [-0.2, 0) is 11.3 Å². The maximum atomic E-state index is 15.0. The summed E-state index contributed by atoms with van der Waals surface area (Å²) in [6.07, 6.45) is -3.31. The number of carbonyl (C=O) groups excluding carboxylic acids is 3. The van der Waals surface area contributed by atoms with Gasteiger partial charge < -0.3 is 14.5 Å². The van der Waals surface area contributed by atoms with Gasteiger partial charge in [-0.2, -0.15) is 8.78 Å². The highest BCUT2D eigenvalue weighted by atomic mass is 19.3. The number of urea groups is 1. The molecule has 2 aromatic rings. The molecule has 1 heterocycles. The number of anilines is 1. The third-order valence-electron chi connectivity index (χ3n) is 5.52. The van der Waals surface area contributed by atoms with Crippen LogP contribution in [0.15, 0.2) is 42.5 Å². The first-order valence-electron chi connectivity index (χ1n) is 10.8. The molecular weight excluding hydrogens is 467 g/mol. The molecule has 0 spiro atoms. The number of nitrogens with one attached hydrogen (secondary N) is 2. The second-order valence-electron chi connectivity index (χ2n) is 7.88. The van der Waals surface area contributed by atoms with E-state index in [4.69, 9.17) is 4.74 Å². The van der Waals surface area contributed by atoms with E-state index in [-0.39, 0.29) is 23.7 Å². The van der Waals surface area contributed by atoms with Crippen molar-refractivity contribution < 1.29 is 32.3 Å². The van der Waals surface area contributed by atoms with Gasteiger partial charge in [-0.3, -0.25) is 25.3 Å². The van der Waals surface area contributed by atoms with Crippen molar-refractivity contribution in [2.45, 2.75) is 13.0 Å². The molecule has 1 saturated heterocycles. The van der Waals surface area contributed by atoms with E-state index in [1.807, 2.05) is 7.05 Å². The van der Waals surface area contributed by atoms with E-state index in [9.17, 15) is 27.6 Å². The predicted molar refractivity (Wildman–Crippen MR) is 122 cm³/mol. The van der Waals surface area contributed by atoms with Gasteiger partial charge in [0, 0.05) is 37.3 Å². The summed E-state index contributed by atoms with van der Waals surface area (Å²) < 4.78 is 44.9. The molecule has 1 aliphatic heterocycles. The zero-order valence-electron chi connectivity index (χ0n) is 19.3. The van der Waals surface area contributed by atoms with Gasteiger partial charge in [0.1, 0.15) is 11.6 Å². The predicted octanol–water partition coefficient (Wildman–Crippen LogP) is 2.23. The number of hydrogen-bond donors (Lipinski definition) is 2. The van der Waals surface area contributed by atoms with E-state index in [0.717, 1.165) is 6.07 Å². The number of rotatable bonds is 6. The van der Waals surface area contributed by atoms with Crippen molar-refractivity contribution in [1.29, 1.82) is 0 Å². The number of halogens is 3. The molecular formula is C23H26F3N5O4. The number of likely N-dealkylation sites (N-methyl/N-ethyl adjacent to an activating group) is 1. The van der Waals surface area contributed by atoms with E-state index in [1.165, 1.54) is 24.1 Å². The Kier molecular flexibility index (Phi) is 8.53. The molecule has 1 fully saturated rings. The van der Waals surface area contributed by atoms with Crippen molar-refractivity contribution in [2.75, 3.05) is 45.2 Å². The largest absolute Gasteiger partial charge is 0.495 e. The second kappa shape index (κ2) is 11.6. The quantitative estimate of drug-likeness (QED) is 0.602. The fourth-order valence-electron chi connectivity index (χ4n) is 3.51. The number of ether oxygens (including phenoxy) is 1. The summed E-state index contributed by atoms with van der Waals surface area (Å²) in [5, 5.41) is 0. The lowest BCUT2D eigenvalue weighted by molar-refractivity contribution is -0.132. The summed E-state index contributed by atoms with van der Waals surface area (Å²) >= 11 is 0. The van der Waals surface area contributed by atoms with E-state index in [0.29, 0.717) is 37.6 Å². The van der Waals surface area contributed by atoms with Gasteiger partial charge in [-0.1, -0.05) is 18.2 Å². The molecule has 9 nitrogen and oxygen atoms in total. The first kappa shape index (κ1) is 25.8. The lowest BCUT2D eigenvalue weighted by Crippen LogP contribution is -2.52. The summed E-state index contributed by atoms with van der Waals surface area (Å²) in [5.74, 6) is -3.02. The molecule has 0 radical (unpaired) electrons. The van der Waals surface area contributed by atoms with Crippen LogP contribution in [0.5, 0.6) is 5.75 Å². The summed E-state index contributed by atoms with van der Waals surface area (Å²) in [6.45, 7) is 2.26. The number of methoxy groups -OCH3 is 1. The maximum absolute atomic E-state index is 15.0. The normalized spacial score (nSPS) is 13.9. The monoisotopic (exact) mass is 493 g/mol. The van der Waals surface area contributed by atoms with Gasteiger partial charge in [0.25, 0.3) is 5.91 Å². The Bertz CT molecular complexity index is 1080. The summed E-state index contributed by atoms with van der Waals surface area (Å²) in [6, 6.07) is 10.0. The van der Waals surface area contributed by atoms with Crippen molar-refractivity contribution in [3.8, 4) is 5.75 Å². The number of benzene rings is 2. The van der Waals surface area contributed by atoms with Crippen LogP contribution in [0.1, 0.15) is 15.9 Å². The van der Waals surface area contributed by atoms with Crippen molar-refractivity contribution in [3.63, 3.8) is 0 Å². The lowest BCUT2D eigenvalue weighted by Gasteiger charge is -2.36.